The van der Waals surface area contributed by atoms with Gasteiger partial charge in [-0.15, -0.1) is 0 Å². The van der Waals surface area contributed by atoms with Crippen molar-refractivity contribution < 1.29 is 0 Å². The van der Waals surface area contributed by atoms with Gasteiger partial charge < -0.3 is 10.7 Å². The van der Waals surface area contributed by atoms with Gasteiger partial charge in [-0.05, 0) is 26.0 Å². The standard InChI is InChI=1S/C11H19N5S/c1-8-14-9(6-10(15-8)16-12)13-7-11(17-2)4-3-5-11/h6H,3-5,7,12H2,1-2H3,(H2,13,14,15,16). The van der Waals surface area contributed by atoms with Gasteiger partial charge in [0, 0.05) is 17.4 Å². The Morgan fingerprint density at radius 2 is 2.12 bits per heavy atom. The number of thioether (sulfide) groups is 1. The van der Waals surface area contributed by atoms with Gasteiger partial charge >= 0.3 is 0 Å². The molecule has 1 aromatic heterocycles. The Morgan fingerprint density at radius 3 is 2.65 bits per heavy atom. The molecule has 0 aliphatic heterocycles. The minimum atomic E-state index is 0.398. The highest BCUT2D eigenvalue weighted by Crippen LogP contribution is 2.42. The number of aryl methyl sites for hydroxylation is 1. The van der Waals surface area contributed by atoms with E-state index in [4.69, 9.17) is 5.84 Å². The van der Waals surface area contributed by atoms with Crippen LogP contribution in [0.4, 0.5) is 11.6 Å². The lowest BCUT2D eigenvalue weighted by atomic mass is 9.84. The largest absolute Gasteiger partial charge is 0.369 e. The van der Waals surface area contributed by atoms with Crippen LogP contribution in [0.2, 0.25) is 0 Å². The van der Waals surface area contributed by atoms with Crippen molar-refractivity contribution in [1.82, 2.24) is 9.97 Å². The van der Waals surface area contributed by atoms with Crippen molar-refractivity contribution in [2.24, 2.45) is 5.84 Å². The van der Waals surface area contributed by atoms with Crippen LogP contribution < -0.4 is 16.6 Å². The molecule has 0 atom stereocenters. The maximum Gasteiger partial charge on any atom is 0.145 e. The third-order valence-electron chi connectivity index (χ3n) is 3.28. The second-order valence-corrected chi connectivity index (χ2v) is 5.70. The molecule has 1 aliphatic rings. The molecule has 1 aromatic rings. The highest BCUT2D eigenvalue weighted by Gasteiger charge is 2.35. The minimum absolute atomic E-state index is 0.398. The second-order valence-electron chi connectivity index (χ2n) is 4.42. The SMILES string of the molecule is CSC1(CNc2cc(NN)nc(C)n2)CCC1. The van der Waals surface area contributed by atoms with Crippen LogP contribution in [0.25, 0.3) is 0 Å². The summed E-state index contributed by atoms with van der Waals surface area (Å²) in [6, 6.07) is 1.83. The molecular weight excluding hydrogens is 234 g/mol. The maximum atomic E-state index is 5.36. The van der Waals surface area contributed by atoms with Gasteiger partial charge in [-0.2, -0.15) is 11.8 Å². The summed E-state index contributed by atoms with van der Waals surface area (Å²) in [4.78, 5) is 8.51. The van der Waals surface area contributed by atoms with E-state index in [0.717, 1.165) is 18.2 Å². The van der Waals surface area contributed by atoms with Crippen molar-refractivity contribution in [3.8, 4) is 0 Å². The van der Waals surface area contributed by atoms with Gasteiger partial charge in [-0.3, -0.25) is 0 Å². The Balaban J connectivity index is 2.01. The molecule has 1 saturated carbocycles. The summed E-state index contributed by atoms with van der Waals surface area (Å²) in [6.45, 7) is 2.81. The molecule has 0 spiro atoms. The molecule has 0 aromatic carbocycles. The Labute approximate surface area is 106 Å². The van der Waals surface area contributed by atoms with Crippen molar-refractivity contribution in [3.63, 3.8) is 0 Å². The van der Waals surface area contributed by atoms with Gasteiger partial charge in [0.15, 0.2) is 0 Å². The number of aromatic nitrogens is 2. The van der Waals surface area contributed by atoms with Crippen LogP contribution >= 0.6 is 11.8 Å². The molecule has 2 rings (SSSR count). The monoisotopic (exact) mass is 253 g/mol. The summed E-state index contributed by atoms with van der Waals surface area (Å²) in [5.74, 6) is 7.56. The summed E-state index contributed by atoms with van der Waals surface area (Å²) < 4.78 is 0.398. The molecule has 5 nitrogen and oxygen atoms in total. The molecule has 0 saturated heterocycles. The molecule has 0 radical (unpaired) electrons. The van der Waals surface area contributed by atoms with E-state index in [0.29, 0.717) is 10.6 Å². The zero-order valence-electron chi connectivity index (χ0n) is 10.3. The first-order valence-electron chi connectivity index (χ1n) is 5.79. The number of hydrogen-bond donors (Lipinski definition) is 3. The number of rotatable bonds is 5. The summed E-state index contributed by atoms with van der Waals surface area (Å²) in [6.07, 6.45) is 6.08. The lowest BCUT2D eigenvalue weighted by molar-refractivity contribution is 0.379. The lowest BCUT2D eigenvalue weighted by Crippen LogP contribution is -2.40. The first-order chi connectivity index (χ1) is 8.17. The zero-order chi connectivity index (χ0) is 12.3. The van der Waals surface area contributed by atoms with Crippen LogP contribution in [0.5, 0.6) is 0 Å². The van der Waals surface area contributed by atoms with E-state index in [1.807, 2.05) is 24.8 Å². The van der Waals surface area contributed by atoms with Crippen molar-refractivity contribution in [2.75, 3.05) is 23.5 Å². The summed E-state index contributed by atoms with van der Waals surface area (Å²) in [7, 11) is 0. The van der Waals surface area contributed by atoms with Crippen LogP contribution in [-0.4, -0.2) is 27.5 Å². The fourth-order valence-corrected chi connectivity index (χ4v) is 2.92. The lowest BCUT2D eigenvalue weighted by Gasteiger charge is -2.40. The molecular formula is C11H19N5S. The van der Waals surface area contributed by atoms with Crippen molar-refractivity contribution in [1.29, 1.82) is 0 Å². The number of hydrazine groups is 1. The quantitative estimate of drug-likeness (QED) is 0.548. The number of hydrogen-bond acceptors (Lipinski definition) is 6. The first kappa shape index (κ1) is 12.4. The fraction of sp³-hybridized carbons (Fsp3) is 0.636. The third kappa shape index (κ3) is 2.81. The Hall–Kier alpha value is -1.01. The Morgan fingerprint density at radius 1 is 1.41 bits per heavy atom. The average molecular weight is 253 g/mol. The molecule has 6 heteroatoms. The Bertz CT molecular complexity index is 386. The number of anilines is 2. The van der Waals surface area contributed by atoms with Crippen LogP contribution in [0, 0.1) is 6.92 Å². The molecule has 4 N–H and O–H groups in total. The predicted octanol–water partition coefficient (Wildman–Crippen LogP) is 1.77. The average Bonchev–Trinajstić information content (AvgIpc) is 2.27. The van der Waals surface area contributed by atoms with Crippen LogP contribution in [0.1, 0.15) is 25.1 Å². The second kappa shape index (κ2) is 5.10. The van der Waals surface area contributed by atoms with Gasteiger partial charge in [0.2, 0.25) is 0 Å². The highest BCUT2D eigenvalue weighted by molar-refractivity contribution is 8.00. The molecule has 0 bridgehead atoms. The zero-order valence-corrected chi connectivity index (χ0v) is 11.1. The van der Waals surface area contributed by atoms with Gasteiger partial charge in [-0.1, -0.05) is 6.42 Å². The summed E-state index contributed by atoms with van der Waals surface area (Å²) in [5, 5.41) is 3.39. The number of nitrogens with one attached hydrogen (secondary N) is 2. The van der Waals surface area contributed by atoms with Gasteiger partial charge in [-0.25, -0.2) is 15.8 Å². The molecule has 1 fully saturated rings. The topological polar surface area (TPSA) is 75.9 Å². The summed E-state index contributed by atoms with van der Waals surface area (Å²) >= 11 is 1.95. The smallest absolute Gasteiger partial charge is 0.145 e. The maximum absolute atomic E-state index is 5.36. The third-order valence-corrected chi connectivity index (χ3v) is 4.69. The molecule has 0 unspecified atom stereocenters. The highest BCUT2D eigenvalue weighted by atomic mass is 32.2. The fourth-order valence-electron chi connectivity index (χ4n) is 2.01. The molecule has 17 heavy (non-hydrogen) atoms. The van der Waals surface area contributed by atoms with Gasteiger partial charge in [0.05, 0.1) is 0 Å². The van der Waals surface area contributed by atoms with Crippen molar-refractivity contribution >= 4 is 23.4 Å². The van der Waals surface area contributed by atoms with E-state index in [9.17, 15) is 0 Å². The van der Waals surface area contributed by atoms with Gasteiger partial charge in [0.25, 0.3) is 0 Å². The number of nitrogen functional groups attached to an aromatic ring is 1. The number of nitrogens with zero attached hydrogens (tertiary/aromatic N) is 2. The molecule has 94 valence electrons. The van der Waals surface area contributed by atoms with Gasteiger partial charge in [0.1, 0.15) is 17.5 Å². The van der Waals surface area contributed by atoms with E-state index in [-0.39, 0.29) is 0 Å². The van der Waals surface area contributed by atoms with E-state index in [1.54, 1.807) is 0 Å². The van der Waals surface area contributed by atoms with Crippen molar-refractivity contribution in [3.05, 3.63) is 11.9 Å². The predicted molar refractivity (Wildman–Crippen MR) is 73.2 cm³/mol. The van der Waals surface area contributed by atoms with E-state index in [2.05, 4.69) is 27.0 Å². The van der Waals surface area contributed by atoms with Crippen LogP contribution in [0.15, 0.2) is 6.07 Å². The first-order valence-corrected chi connectivity index (χ1v) is 7.01. The molecule has 1 heterocycles. The Kier molecular flexibility index (Phi) is 3.73. The summed E-state index contributed by atoms with van der Waals surface area (Å²) in [5.41, 5.74) is 2.55. The minimum Gasteiger partial charge on any atom is -0.369 e. The van der Waals surface area contributed by atoms with E-state index >= 15 is 0 Å². The number of nitrogens with two attached hydrogens (primary N) is 1. The van der Waals surface area contributed by atoms with E-state index in [1.165, 1.54) is 19.3 Å². The molecule has 0 amide bonds. The van der Waals surface area contributed by atoms with Crippen LogP contribution in [-0.2, 0) is 0 Å². The van der Waals surface area contributed by atoms with E-state index < -0.39 is 0 Å². The normalized spacial score (nSPS) is 17.4. The van der Waals surface area contributed by atoms with Crippen LogP contribution in [0.3, 0.4) is 0 Å². The van der Waals surface area contributed by atoms with Crippen molar-refractivity contribution in [2.45, 2.75) is 30.9 Å². The molecule has 1 aliphatic carbocycles.